The van der Waals surface area contributed by atoms with Gasteiger partial charge in [-0.3, -0.25) is 4.98 Å². The predicted molar refractivity (Wildman–Crippen MR) is 80.2 cm³/mol. The third kappa shape index (κ3) is 2.96. The lowest BCUT2D eigenvalue weighted by Gasteiger charge is -2.42. The third-order valence-corrected chi connectivity index (χ3v) is 4.54. The minimum atomic E-state index is 0.0160. The molecule has 1 aromatic heterocycles. The molecule has 112 valence electrons. The lowest BCUT2D eigenvalue weighted by molar-refractivity contribution is -0.0813. The van der Waals surface area contributed by atoms with Crippen molar-refractivity contribution in [1.29, 1.82) is 0 Å². The Morgan fingerprint density at radius 2 is 2.05 bits per heavy atom. The van der Waals surface area contributed by atoms with Crippen molar-refractivity contribution in [1.82, 2.24) is 4.98 Å². The van der Waals surface area contributed by atoms with Crippen LogP contribution in [-0.4, -0.2) is 30.8 Å². The maximum Gasteiger partial charge on any atom is 0.128 e. The van der Waals surface area contributed by atoms with Gasteiger partial charge in [0.15, 0.2) is 0 Å². The zero-order valence-electron chi connectivity index (χ0n) is 13.0. The third-order valence-electron chi connectivity index (χ3n) is 4.54. The summed E-state index contributed by atoms with van der Waals surface area (Å²) in [6.45, 7) is 4.06. The van der Waals surface area contributed by atoms with Crippen LogP contribution in [0.1, 0.15) is 42.5 Å². The molecule has 1 aliphatic carbocycles. The number of hydrogen-bond donors (Lipinski definition) is 1. The highest BCUT2D eigenvalue weighted by molar-refractivity contribution is 5.41. The Bertz CT molecular complexity index is 464. The van der Waals surface area contributed by atoms with Gasteiger partial charge in [-0.15, -0.1) is 0 Å². The molecule has 4 heteroatoms. The summed E-state index contributed by atoms with van der Waals surface area (Å²) >= 11 is 0. The van der Waals surface area contributed by atoms with E-state index in [4.69, 9.17) is 15.2 Å². The molecule has 1 atom stereocenters. The van der Waals surface area contributed by atoms with E-state index in [0.29, 0.717) is 0 Å². The molecule has 0 amide bonds. The lowest BCUT2D eigenvalue weighted by Crippen LogP contribution is -2.45. The monoisotopic (exact) mass is 278 g/mol. The normalized spacial score (nSPS) is 18.4. The zero-order chi connectivity index (χ0) is 14.8. The maximum atomic E-state index is 6.31. The fourth-order valence-corrected chi connectivity index (χ4v) is 3.14. The molecular weight excluding hydrogens is 252 g/mol. The van der Waals surface area contributed by atoms with Crippen LogP contribution in [0.2, 0.25) is 0 Å². The van der Waals surface area contributed by atoms with Gasteiger partial charge in [-0.25, -0.2) is 0 Å². The molecule has 1 unspecified atom stereocenters. The zero-order valence-corrected chi connectivity index (χ0v) is 13.0. The first-order chi connectivity index (χ1) is 9.51. The standard InChI is InChI=1S/C16H26N2O2/c1-11-10-18-14(12(2)15(11)19-3)8-13(17)9-16(20-4)6-5-7-16/h10,13H,5-9,17H2,1-4H3. The van der Waals surface area contributed by atoms with E-state index in [1.165, 1.54) is 6.42 Å². The number of nitrogens with two attached hydrogens (primary N) is 1. The second kappa shape index (κ2) is 6.10. The van der Waals surface area contributed by atoms with Gasteiger partial charge in [0.05, 0.1) is 12.7 Å². The van der Waals surface area contributed by atoms with Gasteiger partial charge in [-0.1, -0.05) is 0 Å². The van der Waals surface area contributed by atoms with Gasteiger partial charge in [0.1, 0.15) is 5.75 Å². The van der Waals surface area contributed by atoms with Crippen molar-refractivity contribution in [2.75, 3.05) is 14.2 Å². The molecule has 2 rings (SSSR count). The summed E-state index contributed by atoms with van der Waals surface area (Å²) in [7, 11) is 3.50. The van der Waals surface area contributed by atoms with Crippen molar-refractivity contribution in [3.63, 3.8) is 0 Å². The minimum Gasteiger partial charge on any atom is -0.496 e. The lowest BCUT2D eigenvalue weighted by atomic mass is 9.75. The maximum absolute atomic E-state index is 6.31. The number of methoxy groups -OCH3 is 2. The molecule has 0 saturated heterocycles. The van der Waals surface area contributed by atoms with E-state index in [2.05, 4.69) is 11.9 Å². The Hall–Kier alpha value is -1.13. The smallest absolute Gasteiger partial charge is 0.128 e. The summed E-state index contributed by atoms with van der Waals surface area (Å²) in [5.74, 6) is 0.923. The molecule has 20 heavy (non-hydrogen) atoms. The average Bonchev–Trinajstić information content (AvgIpc) is 2.38. The van der Waals surface area contributed by atoms with Gasteiger partial charge in [-0.05, 0) is 39.5 Å². The molecule has 4 nitrogen and oxygen atoms in total. The number of aromatic nitrogens is 1. The van der Waals surface area contributed by atoms with Gasteiger partial charge in [0, 0.05) is 42.6 Å². The number of ether oxygens (including phenoxy) is 2. The van der Waals surface area contributed by atoms with Crippen LogP contribution < -0.4 is 10.5 Å². The Balaban J connectivity index is 2.06. The second-order valence-electron chi connectivity index (χ2n) is 5.96. The highest BCUT2D eigenvalue weighted by Crippen LogP contribution is 2.39. The fourth-order valence-electron chi connectivity index (χ4n) is 3.14. The molecule has 0 bridgehead atoms. The van der Waals surface area contributed by atoms with Crippen LogP contribution in [0, 0.1) is 13.8 Å². The van der Waals surface area contributed by atoms with Crippen LogP contribution in [0.3, 0.4) is 0 Å². The first-order valence-electron chi connectivity index (χ1n) is 7.31. The molecule has 0 aromatic carbocycles. The molecule has 0 aliphatic heterocycles. The SMILES string of the molecule is COc1c(C)cnc(CC(N)CC2(OC)CCC2)c1C. The van der Waals surface area contributed by atoms with Crippen molar-refractivity contribution >= 4 is 0 Å². The molecule has 1 heterocycles. The molecule has 0 spiro atoms. The van der Waals surface area contributed by atoms with Gasteiger partial charge < -0.3 is 15.2 Å². The Morgan fingerprint density at radius 3 is 2.55 bits per heavy atom. The van der Waals surface area contributed by atoms with Crippen LogP contribution in [0.15, 0.2) is 6.20 Å². The van der Waals surface area contributed by atoms with Crippen molar-refractivity contribution < 1.29 is 9.47 Å². The molecule has 1 saturated carbocycles. The molecule has 2 N–H and O–H groups in total. The van der Waals surface area contributed by atoms with E-state index in [0.717, 1.165) is 48.3 Å². The minimum absolute atomic E-state index is 0.0160. The van der Waals surface area contributed by atoms with E-state index in [-0.39, 0.29) is 11.6 Å². The van der Waals surface area contributed by atoms with Crippen LogP contribution in [0.4, 0.5) is 0 Å². The van der Waals surface area contributed by atoms with Crippen LogP contribution >= 0.6 is 0 Å². The largest absolute Gasteiger partial charge is 0.496 e. The summed E-state index contributed by atoms with van der Waals surface area (Å²) in [4.78, 5) is 4.53. The fraction of sp³-hybridized carbons (Fsp3) is 0.688. The quantitative estimate of drug-likeness (QED) is 0.868. The predicted octanol–water partition coefficient (Wildman–Crippen LogP) is 2.54. The highest BCUT2D eigenvalue weighted by atomic mass is 16.5. The molecule has 1 aliphatic rings. The molecule has 0 radical (unpaired) electrons. The van der Waals surface area contributed by atoms with Crippen LogP contribution in [0.25, 0.3) is 0 Å². The van der Waals surface area contributed by atoms with Crippen LogP contribution in [0.5, 0.6) is 5.75 Å². The van der Waals surface area contributed by atoms with E-state index < -0.39 is 0 Å². The summed E-state index contributed by atoms with van der Waals surface area (Å²) in [5.41, 5.74) is 9.53. The van der Waals surface area contributed by atoms with Gasteiger partial charge in [0.25, 0.3) is 0 Å². The molecular formula is C16H26N2O2. The Morgan fingerprint density at radius 1 is 1.35 bits per heavy atom. The summed E-state index contributed by atoms with van der Waals surface area (Å²) in [6, 6.07) is 0.0777. The first kappa shape index (κ1) is 15.3. The first-order valence-corrected chi connectivity index (χ1v) is 7.31. The van der Waals surface area contributed by atoms with Crippen molar-refractivity contribution in [3.8, 4) is 5.75 Å². The molecule has 1 fully saturated rings. The number of rotatable bonds is 6. The summed E-state index contributed by atoms with van der Waals surface area (Å²) in [6.07, 6.45) is 7.04. The highest BCUT2D eigenvalue weighted by Gasteiger charge is 2.38. The van der Waals surface area contributed by atoms with Gasteiger partial charge in [-0.2, -0.15) is 0 Å². The van der Waals surface area contributed by atoms with Crippen molar-refractivity contribution in [2.45, 2.75) is 57.6 Å². The number of pyridine rings is 1. The number of nitrogens with zero attached hydrogens (tertiary/aromatic N) is 1. The Kier molecular flexibility index (Phi) is 4.66. The van der Waals surface area contributed by atoms with Gasteiger partial charge in [0.2, 0.25) is 0 Å². The van der Waals surface area contributed by atoms with E-state index >= 15 is 0 Å². The van der Waals surface area contributed by atoms with Crippen molar-refractivity contribution in [3.05, 3.63) is 23.0 Å². The van der Waals surface area contributed by atoms with Crippen molar-refractivity contribution in [2.24, 2.45) is 5.73 Å². The second-order valence-corrected chi connectivity index (χ2v) is 5.96. The summed E-state index contributed by atoms with van der Waals surface area (Å²) < 4.78 is 11.1. The Labute approximate surface area is 121 Å². The van der Waals surface area contributed by atoms with E-state index in [9.17, 15) is 0 Å². The van der Waals surface area contributed by atoms with E-state index in [1.54, 1.807) is 14.2 Å². The molecule has 1 aromatic rings. The van der Waals surface area contributed by atoms with Crippen LogP contribution in [-0.2, 0) is 11.2 Å². The number of aryl methyl sites for hydroxylation is 1. The topological polar surface area (TPSA) is 57.4 Å². The summed E-state index contributed by atoms with van der Waals surface area (Å²) in [5, 5.41) is 0. The number of hydrogen-bond acceptors (Lipinski definition) is 4. The average molecular weight is 278 g/mol. The van der Waals surface area contributed by atoms with Gasteiger partial charge >= 0.3 is 0 Å². The van der Waals surface area contributed by atoms with E-state index in [1.807, 2.05) is 13.1 Å².